The molecule has 2 rings (SSSR count). The standard InChI is InChI=1S/C14H19F3N2O/c1-19-6-4-12-8-11(2-3-13(12)19)9-18-5-7-20-10-14(15,16)17/h2-3,8,18H,4-7,9-10H2,1H3. The molecule has 1 heterocycles. The van der Waals surface area contributed by atoms with E-state index in [-0.39, 0.29) is 6.61 Å². The van der Waals surface area contributed by atoms with Gasteiger partial charge in [-0.05, 0) is 23.6 Å². The summed E-state index contributed by atoms with van der Waals surface area (Å²) in [6.45, 7) is 0.976. The predicted octanol–water partition coefficient (Wildman–Crippen LogP) is 2.35. The number of halogens is 3. The summed E-state index contributed by atoms with van der Waals surface area (Å²) < 4.78 is 40.0. The summed E-state index contributed by atoms with van der Waals surface area (Å²) in [5.74, 6) is 0. The van der Waals surface area contributed by atoms with Crippen LogP contribution in [0.25, 0.3) is 0 Å². The van der Waals surface area contributed by atoms with Crippen LogP contribution in [0.5, 0.6) is 0 Å². The molecular weight excluding hydrogens is 269 g/mol. The third-order valence-corrected chi connectivity index (χ3v) is 3.29. The van der Waals surface area contributed by atoms with Gasteiger partial charge in [-0.2, -0.15) is 13.2 Å². The van der Waals surface area contributed by atoms with Gasteiger partial charge in [0.15, 0.2) is 0 Å². The normalized spacial score (nSPS) is 14.7. The average Bonchev–Trinajstić information content (AvgIpc) is 2.74. The van der Waals surface area contributed by atoms with Gasteiger partial charge in [-0.15, -0.1) is 0 Å². The molecule has 1 N–H and O–H groups in total. The fourth-order valence-corrected chi connectivity index (χ4v) is 2.30. The predicted molar refractivity (Wildman–Crippen MR) is 72.0 cm³/mol. The molecule has 0 bridgehead atoms. The third-order valence-electron chi connectivity index (χ3n) is 3.29. The van der Waals surface area contributed by atoms with Crippen LogP contribution in [0.2, 0.25) is 0 Å². The highest BCUT2D eigenvalue weighted by atomic mass is 19.4. The number of anilines is 1. The van der Waals surface area contributed by atoms with Gasteiger partial charge in [0.25, 0.3) is 0 Å². The lowest BCUT2D eigenvalue weighted by Crippen LogP contribution is -2.23. The zero-order valence-corrected chi connectivity index (χ0v) is 11.5. The van der Waals surface area contributed by atoms with E-state index in [4.69, 9.17) is 0 Å². The Balaban J connectivity index is 1.68. The van der Waals surface area contributed by atoms with E-state index in [2.05, 4.69) is 34.1 Å². The molecule has 1 aromatic carbocycles. The Labute approximate surface area is 116 Å². The number of hydrogen-bond acceptors (Lipinski definition) is 3. The summed E-state index contributed by atoms with van der Waals surface area (Å²) >= 11 is 0. The lowest BCUT2D eigenvalue weighted by molar-refractivity contribution is -0.173. The molecule has 0 amide bonds. The molecule has 6 heteroatoms. The van der Waals surface area contributed by atoms with E-state index in [1.165, 1.54) is 11.3 Å². The number of alkyl halides is 3. The average molecular weight is 288 g/mol. The maximum absolute atomic E-state index is 11.8. The first kappa shape index (κ1) is 15.1. The summed E-state index contributed by atoms with van der Waals surface area (Å²) in [4.78, 5) is 2.22. The first-order valence-electron chi connectivity index (χ1n) is 6.64. The summed E-state index contributed by atoms with van der Waals surface area (Å²) in [5.41, 5.74) is 3.75. The molecule has 0 aromatic heterocycles. The molecule has 20 heavy (non-hydrogen) atoms. The summed E-state index contributed by atoms with van der Waals surface area (Å²) in [6.07, 6.45) is -3.19. The van der Waals surface area contributed by atoms with Gasteiger partial charge in [-0.1, -0.05) is 12.1 Å². The smallest absolute Gasteiger partial charge is 0.374 e. The summed E-state index contributed by atoms with van der Waals surface area (Å²) in [6, 6.07) is 6.30. The van der Waals surface area contributed by atoms with Crippen molar-refractivity contribution in [3.8, 4) is 0 Å². The Morgan fingerprint density at radius 2 is 2.15 bits per heavy atom. The maximum atomic E-state index is 11.8. The number of benzene rings is 1. The summed E-state index contributed by atoms with van der Waals surface area (Å²) in [7, 11) is 2.07. The van der Waals surface area contributed by atoms with Gasteiger partial charge in [0, 0.05) is 32.4 Å². The minimum absolute atomic E-state index is 0.0627. The van der Waals surface area contributed by atoms with E-state index in [9.17, 15) is 13.2 Å². The van der Waals surface area contributed by atoms with Crippen molar-refractivity contribution < 1.29 is 17.9 Å². The highest BCUT2D eigenvalue weighted by Crippen LogP contribution is 2.27. The lowest BCUT2D eigenvalue weighted by atomic mass is 10.1. The summed E-state index contributed by atoms with van der Waals surface area (Å²) in [5, 5.41) is 3.08. The molecule has 0 aliphatic carbocycles. The van der Waals surface area contributed by atoms with Gasteiger partial charge in [0.2, 0.25) is 0 Å². The van der Waals surface area contributed by atoms with Gasteiger partial charge in [0.05, 0.1) is 6.61 Å². The number of likely N-dealkylation sites (N-methyl/N-ethyl adjacent to an activating group) is 1. The van der Waals surface area contributed by atoms with Crippen LogP contribution in [-0.4, -0.2) is 39.5 Å². The van der Waals surface area contributed by atoms with Crippen LogP contribution in [0.4, 0.5) is 18.9 Å². The van der Waals surface area contributed by atoms with Gasteiger partial charge < -0.3 is 15.0 Å². The zero-order valence-electron chi connectivity index (χ0n) is 11.5. The molecule has 112 valence electrons. The molecule has 0 fully saturated rings. The van der Waals surface area contributed by atoms with Crippen LogP contribution >= 0.6 is 0 Å². The van der Waals surface area contributed by atoms with Gasteiger partial charge >= 0.3 is 6.18 Å². The first-order chi connectivity index (χ1) is 9.46. The Morgan fingerprint density at radius 1 is 1.35 bits per heavy atom. The highest BCUT2D eigenvalue weighted by molar-refractivity contribution is 5.58. The number of ether oxygens (including phenoxy) is 1. The number of rotatable bonds is 6. The topological polar surface area (TPSA) is 24.5 Å². The van der Waals surface area contributed by atoms with Crippen molar-refractivity contribution in [3.05, 3.63) is 29.3 Å². The van der Waals surface area contributed by atoms with Crippen molar-refractivity contribution in [2.45, 2.75) is 19.1 Å². The maximum Gasteiger partial charge on any atom is 0.411 e. The van der Waals surface area contributed by atoms with Crippen molar-refractivity contribution in [1.82, 2.24) is 5.32 Å². The minimum atomic E-state index is -4.24. The fraction of sp³-hybridized carbons (Fsp3) is 0.571. The number of nitrogens with one attached hydrogen (secondary N) is 1. The zero-order chi connectivity index (χ0) is 14.6. The van der Waals surface area contributed by atoms with Crippen molar-refractivity contribution in [3.63, 3.8) is 0 Å². The molecule has 1 aliphatic heterocycles. The molecule has 0 atom stereocenters. The minimum Gasteiger partial charge on any atom is -0.374 e. The SMILES string of the molecule is CN1CCc2cc(CNCCOCC(F)(F)F)ccc21. The van der Waals surface area contributed by atoms with Crippen LogP contribution in [0.15, 0.2) is 18.2 Å². The van der Waals surface area contributed by atoms with E-state index in [0.717, 1.165) is 18.5 Å². The van der Waals surface area contributed by atoms with Gasteiger partial charge in [0.1, 0.15) is 6.61 Å². The monoisotopic (exact) mass is 288 g/mol. The number of fused-ring (bicyclic) bond motifs is 1. The van der Waals surface area contributed by atoms with Crippen molar-refractivity contribution in [2.24, 2.45) is 0 Å². The van der Waals surface area contributed by atoms with Crippen LogP contribution in [-0.2, 0) is 17.7 Å². The van der Waals surface area contributed by atoms with E-state index < -0.39 is 12.8 Å². The molecule has 0 unspecified atom stereocenters. The Hall–Kier alpha value is -1.27. The molecule has 3 nitrogen and oxygen atoms in total. The first-order valence-corrected chi connectivity index (χ1v) is 6.64. The van der Waals surface area contributed by atoms with E-state index in [1.807, 2.05) is 6.07 Å². The van der Waals surface area contributed by atoms with Gasteiger partial charge in [-0.3, -0.25) is 0 Å². The van der Waals surface area contributed by atoms with E-state index in [0.29, 0.717) is 13.1 Å². The van der Waals surface area contributed by atoms with Crippen LogP contribution in [0.1, 0.15) is 11.1 Å². The molecule has 0 saturated heterocycles. The molecule has 0 spiro atoms. The molecule has 0 saturated carbocycles. The van der Waals surface area contributed by atoms with Crippen LogP contribution in [0, 0.1) is 0 Å². The van der Waals surface area contributed by atoms with Crippen LogP contribution < -0.4 is 10.2 Å². The Morgan fingerprint density at radius 3 is 2.90 bits per heavy atom. The Bertz CT molecular complexity index is 449. The number of nitrogens with zero attached hydrogens (tertiary/aromatic N) is 1. The molecule has 1 aromatic rings. The third kappa shape index (κ3) is 4.38. The largest absolute Gasteiger partial charge is 0.411 e. The van der Waals surface area contributed by atoms with E-state index >= 15 is 0 Å². The second-order valence-corrected chi connectivity index (χ2v) is 4.98. The Kier molecular flexibility index (Phi) is 4.88. The van der Waals surface area contributed by atoms with E-state index in [1.54, 1.807) is 0 Å². The van der Waals surface area contributed by atoms with Crippen LogP contribution in [0.3, 0.4) is 0 Å². The van der Waals surface area contributed by atoms with Gasteiger partial charge in [-0.25, -0.2) is 0 Å². The molecular formula is C14H19F3N2O. The van der Waals surface area contributed by atoms with Crippen molar-refractivity contribution >= 4 is 5.69 Å². The molecule has 0 radical (unpaired) electrons. The van der Waals surface area contributed by atoms with Crippen molar-refractivity contribution in [1.29, 1.82) is 0 Å². The fourth-order valence-electron chi connectivity index (χ4n) is 2.30. The quantitative estimate of drug-likeness (QED) is 0.813. The second kappa shape index (κ2) is 6.45. The number of hydrogen-bond donors (Lipinski definition) is 1. The highest BCUT2D eigenvalue weighted by Gasteiger charge is 2.27. The molecule has 1 aliphatic rings. The second-order valence-electron chi connectivity index (χ2n) is 4.98. The lowest BCUT2D eigenvalue weighted by Gasteiger charge is -2.12. The van der Waals surface area contributed by atoms with Crippen molar-refractivity contribution in [2.75, 3.05) is 38.3 Å².